The van der Waals surface area contributed by atoms with Crippen molar-refractivity contribution in [3.8, 4) is 0 Å². The topological polar surface area (TPSA) is 89.3 Å². The Hall–Kier alpha value is -1.63. The molecule has 104 valence electrons. The third kappa shape index (κ3) is 3.66. The lowest BCUT2D eigenvalue weighted by molar-refractivity contribution is -0.120. The number of carbonyl (C=O) groups excluding carboxylic acids is 1. The summed E-state index contributed by atoms with van der Waals surface area (Å²) in [6.45, 7) is 0. The highest BCUT2D eigenvalue weighted by molar-refractivity contribution is 7.91. The normalized spacial score (nSPS) is 15.2. The van der Waals surface area contributed by atoms with Gasteiger partial charge >= 0.3 is 0 Å². The van der Waals surface area contributed by atoms with Crippen LogP contribution in [0.4, 0.5) is 10.1 Å². The number of anilines is 1. The van der Waals surface area contributed by atoms with Gasteiger partial charge in [0.15, 0.2) is 9.84 Å². The number of nitrogens with two attached hydrogens (primary N) is 1. The van der Waals surface area contributed by atoms with E-state index in [-0.39, 0.29) is 34.7 Å². The van der Waals surface area contributed by atoms with E-state index >= 15 is 0 Å². The van der Waals surface area contributed by atoms with Gasteiger partial charge in [0.05, 0.1) is 16.3 Å². The highest BCUT2D eigenvalue weighted by Gasteiger charge is 2.24. The summed E-state index contributed by atoms with van der Waals surface area (Å²) in [5, 5.41) is 2.70. The number of hydrogen-bond donors (Lipinski definition) is 2. The molecule has 0 aliphatic heterocycles. The van der Waals surface area contributed by atoms with Crippen LogP contribution in [0.3, 0.4) is 0 Å². The van der Waals surface area contributed by atoms with Crippen LogP contribution < -0.4 is 11.1 Å². The number of nitrogen functional groups attached to an aromatic ring is 1. The van der Waals surface area contributed by atoms with E-state index in [0.717, 1.165) is 18.9 Å². The number of rotatable bonds is 5. The smallest absolute Gasteiger partial charge is 0.221 e. The molecule has 1 saturated carbocycles. The summed E-state index contributed by atoms with van der Waals surface area (Å²) in [5.41, 5.74) is 5.18. The van der Waals surface area contributed by atoms with E-state index in [1.165, 1.54) is 12.1 Å². The number of nitrogens with one attached hydrogen (secondary N) is 1. The number of carbonyl (C=O) groups is 1. The van der Waals surface area contributed by atoms with E-state index in [2.05, 4.69) is 5.32 Å². The van der Waals surface area contributed by atoms with E-state index in [0.29, 0.717) is 0 Å². The van der Waals surface area contributed by atoms with Gasteiger partial charge in [-0.2, -0.15) is 0 Å². The second-order valence-corrected chi connectivity index (χ2v) is 6.70. The van der Waals surface area contributed by atoms with Crippen LogP contribution in [0.5, 0.6) is 0 Å². The van der Waals surface area contributed by atoms with Crippen LogP contribution in [0.2, 0.25) is 0 Å². The first kappa shape index (κ1) is 13.8. The predicted octanol–water partition coefficient (Wildman–Crippen LogP) is 0.850. The molecule has 1 amide bonds. The second kappa shape index (κ2) is 5.16. The molecule has 1 aromatic rings. The average Bonchev–Trinajstić information content (AvgIpc) is 3.14. The molecule has 0 bridgehead atoms. The molecule has 0 saturated heterocycles. The molecule has 19 heavy (non-hydrogen) atoms. The van der Waals surface area contributed by atoms with Gasteiger partial charge in [-0.3, -0.25) is 4.79 Å². The molecule has 0 spiro atoms. The van der Waals surface area contributed by atoms with Crippen molar-refractivity contribution in [2.45, 2.75) is 30.2 Å². The summed E-state index contributed by atoms with van der Waals surface area (Å²) >= 11 is 0. The number of amides is 1. The Morgan fingerprint density at radius 2 is 2.11 bits per heavy atom. The third-order valence-corrected chi connectivity index (χ3v) is 4.59. The van der Waals surface area contributed by atoms with Gasteiger partial charge in [0.2, 0.25) is 5.91 Å². The molecule has 5 nitrogen and oxygen atoms in total. The summed E-state index contributed by atoms with van der Waals surface area (Å²) in [7, 11) is -3.67. The van der Waals surface area contributed by atoms with Gasteiger partial charge in [0.1, 0.15) is 5.82 Å². The predicted molar refractivity (Wildman–Crippen MR) is 68.6 cm³/mol. The minimum Gasteiger partial charge on any atom is -0.396 e. The Morgan fingerprint density at radius 1 is 1.42 bits per heavy atom. The molecule has 0 atom stereocenters. The molecule has 1 aliphatic rings. The first-order valence-corrected chi connectivity index (χ1v) is 7.61. The lowest BCUT2D eigenvalue weighted by Crippen LogP contribution is -2.27. The molecule has 7 heteroatoms. The lowest BCUT2D eigenvalue weighted by Gasteiger charge is -2.06. The minimum atomic E-state index is -3.67. The van der Waals surface area contributed by atoms with Crippen molar-refractivity contribution in [2.24, 2.45) is 0 Å². The van der Waals surface area contributed by atoms with Crippen molar-refractivity contribution in [2.75, 3.05) is 11.5 Å². The zero-order chi connectivity index (χ0) is 14.0. The Bertz CT molecular complexity index is 597. The van der Waals surface area contributed by atoms with Crippen molar-refractivity contribution in [3.63, 3.8) is 0 Å². The minimum absolute atomic E-state index is 0.106. The monoisotopic (exact) mass is 286 g/mol. The quantitative estimate of drug-likeness (QED) is 0.785. The Morgan fingerprint density at radius 3 is 2.68 bits per heavy atom. The molecular weight excluding hydrogens is 271 g/mol. The largest absolute Gasteiger partial charge is 0.396 e. The maximum Gasteiger partial charge on any atom is 0.221 e. The molecule has 2 rings (SSSR count). The van der Waals surface area contributed by atoms with E-state index in [1.807, 2.05) is 0 Å². The van der Waals surface area contributed by atoms with Gasteiger partial charge < -0.3 is 11.1 Å². The number of halogens is 1. The van der Waals surface area contributed by atoms with Crippen LogP contribution in [-0.2, 0) is 14.6 Å². The highest BCUT2D eigenvalue weighted by atomic mass is 32.2. The fourth-order valence-electron chi connectivity index (χ4n) is 1.57. The van der Waals surface area contributed by atoms with E-state index in [4.69, 9.17) is 5.73 Å². The summed E-state index contributed by atoms with van der Waals surface area (Å²) < 4.78 is 37.0. The van der Waals surface area contributed by atoms with Crippen LogP contribution in [0.25, 0.3) is 0 Å². The van der Waals surface area contributed by atoms with Crippen molar-refractivity contribution in [3.05, 3.63) is 24.0 Å². The van der Waals surface area contributed by atoms with E-state index < -0.39 is 15.7 Å². The van der Waals surface area contributed by atoms with Gasteiger partial charge in [-0.15, -0.1) is 0 Å². The van der Waals surface area contributed by atoms with Gasteiger partial charge in [-0.1, -0.05) is 0 Å². The molecule has 1 fully saturated rings. The van der Waals surface area contributed by atoms with Crippen molar-refractivity contribution < 1.29 is 17.6 Å². The fourth-order valence-corrected chi connectivity index (χ4v) is 2.82. The number of hydrogen-bond acceptors (Lipinski definition) is 4. The van der Waals surface area contributed by atoms with E-state index in [9.17, 15) is 17.6 Å². The number of sulfone groups is 1. The van der Waals surface area contributed by atoms with Gasteiger partial charge in [-0.25, -0.2) is 12.8 Å². The summed E-state index contributed by atoms with van der Waals surface area (Å²) in [4.78, 5) is 11.3. The molecule has 0 heterocycles. The van der Waals surface area contributed by atoms with Gasteiger partial charge in [-0.05, 0) is 31.0 Å². The molecule has 3 N–H and O–H groups in total. The average molecular weight is 286 g/mol. The highest BCUT2D eigenvalue weighted by Crippen LogP contribution is 2.20. The zero-order valence-electron chi connectivity index (χ0n) is 10.2. The molecule has 0 radical (unpaired) electrons. The summed E-state index contributed by atoms with van der Waals surface area (Å²) in [6.07, 6.45) is 1.77. The van der Waals surface area contributed by atoms with Crippen molar-refractivity contribution in [1.82, 2.24) is 5.32 Å². The maximum absolute atomic E-state index is 13.2. The first-order valence-electron chi connectivity index (χ1n) is 5.95. The summed E-state index contributed by atoms with van der Waals surface area (Å²) in [6, 6.07) is 3.52. The van der Waals surface area contributed by atoms with Crippen LogP contribution in [0, 0.1) is 5.82 Å². The van der Waals surface area contributed by atoms with Crippen LogP contribution in [-0.4, -0.2) is 26.1 Å². The Balaban J connectivity index is 2.00. The first-order chi connectivity index (χ1) is 8.88. The molecule has 1 aromatic carbocycles. The molecular formula is C12H15FN2O3S. The van der Waals surface area contributed by atoms with Crippen LogP contribution in [0.1, 0.15) is 19.3 Å². The molecule has 1 aliphatic carbocycles. The summed E-state index contributed by atoms with van der Waals surface area (Å²) in [5.74, 6) is -1.40. The second-order valence-electron chi connectivity index (χ2n) is 4.59. The fraction of sp³-hybridized carbons (Fsp3) is 0.417. The SMILES string of the molecule is Nc1ccc(S(=O)(=O)CCC(=O)NC2CC2)cc1F. The maximum atomic E-state index is 13.2. The lowest BCUT2D eigenvalue weighted by atomic mass is 10.3. The van der Waals surface area contributed by atoms with Gasteiger partial charge in [0, 0.05) is 12.5 Å². The Kier molecular flexibility index (Phi) is 3.75. The molecule has 0 aromatic heterocycles. The standard InChI is InChI=1S/C12H15FN2O3S/c13-10-7-9(3-4-11(10)14)19(17,18)6-5-12(16)15-8-1-2-8/h3-4,7-8H,1-2,5-6,14H2,(H,15,16). The van der Waals surface area contributed by atoms with Crippen molar-refractivity contribution >= 4 is 21.4 Å². The Labute approximate surface area is 110 Å². The third-order valence-electron chi connectivity index (χ3n) is 2.87. The van der Waals surface area contributed by atoms with Crippen LogP contribution >= 0.6 is 0 Å². The molecule has 0 unspecified atom stereocenters. The van der Waals surface area contributed by atoms with Crippen molar-refractivity contribution in [1.29, 1.82) is 0 Å². The zero-order valence-corrected chi connectivity index (χ0v) is 11.0. The van der Waals surface area contributed by atoms with E-state index in [1.54, 1.807) is 0 Å². The van der Waals surface area contributed by atoms with Gasteiger partial charge in [0.25, 0.3) is 0 Å². The van der Waals surface area contributed by atoms with Crippen LogP contribution in [0.15, 0.2) is 23.1 Å². The number of benzene rings is 1.